The summed E-state index contributed by atoms with van der Waals surface area (Å²) in [5.74, 6) is -0.354. The van der Waals surface area contributed by atoms with E-state index < -0.39 is 23.5 Å². The molecular formula is C28H32N4O4S. The number of nitrogens with one attached hydrogen (secondary N) is 2. The zero-order valence-electron chi connectivity index (χ0n) is 21.4. The van der Waals surface area contributed by atoms with E-state index in [0.29, 0.717) is 35.9 Å². The highest BCUT2D eigenvalue weighted by Gasteiger charge is 2.32. The lowest BCUT2D eigenvalue weighted by Gasteiger charge is -2.26. The van der Waals surface area contributed by atoms with Crippen LogP contribution < -0.4 is 15.4 Å². The summed E-state index contributed by atoms with van der Waals surface area (Å²) in [6.07, 6.45) is 1.57. The standard InChI is InChI=1S/C28H32N4O4S/c1-5-9-22(31-26(35)24(33)28(2,3)4)25(34)32-27-30-16-23(37-27)21-13-7-6-11-19(21)17-36-20-12-8-10-18(14-20)15-29/h6-8,10-14,16,22,24,33H,5,9,17H2,1-4H3,(H,31,35)(H,30,32,34)/t22?,24-/m1/s1. The molecule has 3 N–H and O–H groups in total. The SMILES string of the molecule is CCCC(NC(=O)[C@@H](O)C(C)(C)C)C(=O)Nc1ncc(-c2ccccc2COc2cccc(C#N)c2)s1. The maximum atomic E-state index is 13.0. The molecule has 3 aromatic rings. The van der Waals surface area contributed by atoms with Gasteiger partial charge in [-0.25, -0.2) is 4.98 Å². The summed E-state index contributed by atoms with van der Waals surface area (Å²) < 4.78 is 5.91. The molecule has 0 aliphatic rings. The van der Waals surface area contributed by atoms with Gasteiger partial charge < -0.3 is 20.5 Å². The molecule has 0 spiro atoms. The second-order valence-corrected chi connectivity index (χ2v) is 10.8. The van der Waals surface area contributed by atoms with Crippen LogP contribution in [0.1, 0.15) is 51.7 Å². The van der Waals surface area contributed by atoms with Crippen LogP contribution in [0.2, 0.25) is 0 Å². The lowest BCUT2D eigenvalue weighted by atomic mass is 9.88. The van der Waals surface area contributed by atoms with Gasteiger partial charge in [0.05, 0.1) is 16.5 Å². The Kier molecular flexibility index (Phi) is 9.39. The van der Waals surface area contributed by atoms with Crippen LogP contribution >= 0.6 is 11.3 Å². The van der Waals surface area contributed by atoms with E-state index in [4.69, 9.17) is 10.00 Å². The van der Waals surface area contributed by atoms with Gasteiger partial charge in [0.15, 0.2) is 5.13 Å². The first kappa shape index (κ1) is 27.8. The molecular weight excluding hydrogens is 488 g/mol. The van der Waals surface area contributed by atoms with Gasteiger partial charge in [-0.1, -0.05) is 75.8 Å². The van der Waals surface area contributed by atoms with Crippen molar-refractivity contribution in [1.29, 1.82) is 5.26 Å². The number of aliphatic hydroxyl groups excluding tert-OH is 1. The highest BCUT2D eigenvalue weighted by atomic mass is 32.1. The Bertz CT molecular complexity index is 1280. The molecule has 2 atom stereocenters. The third-order valence-electron chi connectivity index (χ3n) is 5.66. The molecule has 1 heterocycles. The van der Waals surface area contributed by atoms with Gasteiger partial charge in [-0.3, -0.25) is 9.59 Å². The van der Waals surface area contributed by atoms with E-state index in [0.717, 1.165) is 16.0 Å². The van der Waals surface area contributed by atoms with Crippen molar-refractivity contribution in [1.82, 2.24) is 10.3 Å². The predicted molar refractivity (Wildman–Crippen MR) is 144 cm³/mol. The van der Waals surface area contributed by atoms with Gasteiger partial charge in [0.2, 0.25) is 11.8 Å². The highest BCUT2D eigenvalue weighted by Crippen LogP contribution is 2.32. The van der Waals surface area contributed by atoms with Crippen LogP contribution in [0.5, 0.6) is 5.75 Å². The Balaban J connectivity index is 1.70. The maximum absolute atomic E-state index is 13.0. The van der Waals surface area contributed by atoms with Crippen LogP contribution in [0.15, 0.2) is 54.7 Å². The number of benzene rings is 2. The van der Waals surface area contributed by atoms with Crippen molar-refractivity contribution in [3.63, 3.8) is 0 Å². The zero-order chi connectivity index (χ0) is 27.0. The number of anilines is 1. The number of hydrogen-bond donors (Lipinski definition) is 3. The van der Waals surface area contributed by atoms with Crippen molar-refractivity contribution in [3.8, 4) is 22.3 Å². The molecule has 2 aromatic carbocycles. The zero-order valence-corrected chi connectivity index (χ0v) is 22.3. The van der Waals surface area contributed by atoms with Gasteiger partial charge in [-0.2, -0.15) is 5.26 Å². The number of carbonyl (C=O) groups is 2. The van der Waals surface area contributed by atoms with Crippen molar-refractivity contribution in [2.75, 3.05) is 5.32 Å². The number of hydrogen-bond acceptors (Lipinski definition) is 7. The van der Waals surface area contributed by atoms with E-state index in [-0.39, 0.29) is 5.91 Å². The molecule has 8 nitrogen and oxygen atoms in total. The topological polar surface area (TPSA) is 124 Å². The minimum absolute atomic E-state index is 0.297. The smallest absolute Gasteiger partial charge is 0.250 e. The van der Waals surface area contributed by atoms with Gasteiger partial charge in [-0.05, 0) is 41.2 Å². The summed E-state index contributed by atoms with van der Waals surface area (Å²) in [6.45, 7) is 7.50. The molecule has 1 unspecified atom stereocenters. The third kappa shape index (κ3) is 7.62. The van der Waals surface area contributed by atoms with Gasteiger partial charge in [0, 0.05) is 6.20 Å². The number of nitriles is 1. The van der Waals surface area contributed by atoms with E-state index in [9.17, 15) is 14.7 Å². The Morgan fingerprint density at radius 2 is 1.92 bits per heavy atom. The van der Waals surface area contributed by atoms with Gasteiger partial charge in [0.1, 0.15) is 24.5 Å². The van der Waals surface area contributed by atoms with Gasteiger partial charge >= 0.3 is 0 Å². The third-order valence-corrected chi connectivity index (χ3v) is 6.60. The summed E-state index contributed by atoms with van der Waals surface area (Å²) in [7, 11) is 0. The summed E-state index contributed by atoms with van der Waals surface area (Å²) in [5.41, 5.74) is 1.73. The monoisotopic (exact) mass is 520 g/mol. The van der Waals surface area contributed by atoms with Crippen molar-refractivity contribution >= 4 is 28.3 Å². The lowest BCUT2D eigenvalue weighted by molar-refractivity contribution is -0.137. The Labute approximate surface area is 221 Å². The molecule has 2 amide bonds. The average molecular weight is 521 g/mol. The Morgan fingerprint density at radius 1 is 1.16 bits per heavy atom. The number of aromatic nitrogens is 1. The van der Waals surface area contributed by atoms with E-state index in [1.165, 1.54) is 11.3 Å². The number of aliphatic hydroxyl groups is 1. The maximum Gasteiger partial charge on any atom is 0.250 e. The Hall–Kier alpha value is -3.74. The minimum atomic E-state index is -1.23. The largest absolute Gasteiger partial charge is 0.489 e. The van der Waals surface area contributed by atoms with Crippen molar-refractivity contribution in [2.24, 2.45) is 5.41 Å². The molecule has 1 aromatic heterocycles. The van der Waals surface area contributed by atoms with Crippen molar-refractivity contribution in [3.05, 3.63) is 65.9 Å². The minimum Gasteiger partial charge on any atom is -0.489 e. The number of amides is 2. The summed E-state index contributed by atoms with van der Waals surface area (Å²) in [6, 6.07) is 16.0. The van der Waals surface area contributed by atoms with Crippen LogP contribution in [0.25, 0.3) is 10.4 Å². The summed E-state index contributed by atoms with van der Waals surface area (Å²) in [5, 5.41) is 25.2. The number of rotatable bonds is 10. The summed E-state index contributed by atoms with van der Waals surface area (Å²) >= 11 is 1.32. The molecule has 9 heteroatoms. The molecule has 0 aliphatic carbocycles. The molecule has 3 rings (SSSR count). The van der Waals surface area contributed by atoms with Crippen molar-refractivity contribution < 1.29 is 19.4 Å². The number of nitrogens with zero attached hydrogens (tertiary/aromatic N) is 2. The number of ether oxygens (including phenoxy) is 1. The second-order valence-electron chi connectivity index (χ2n) is 9.72. The fraction of sp³-hybridized carbons (Fsp3) is 0.357. The van der Waals surface area contributed by atoms with Gasteiger partial charge in [0.25, 0.3) is 0 Å². The summed E-state index contributed by atoms with van der Waals surface area (Å²) in [4.78, 5) is 30.6. The molecule has 0 radical (unpaired) electrons. The first-order valence-corrected chi connectivity index (χ1v) is 12.9. The van der Waals surface area contributed by atoms with Crippen molar-refractivity contribution in [2.45, 2.75) is 59.3 Å². The highest BCUT2D eigenvalue weighted by molar-refractivity contribution is 7.19. The molecule has 194 valence electrons. The first-order chi connectivity index (χ1) is 17.6. The first-order valence-electron chi connectivity index (χ1n) is 12.1. The van der Waals surface area contributed by atoms with E-state index in [2.05, 4.69) is 21.7 Å². The van der Waals surface area contributed by atoms with Crippen LogP contribution in [0.3, 0.4) is 0 Å². The van der Waals surface area contributed by atoms with Gasteiger partial charge in [-0.15, -0.1) is 0 Å². The Morgan fingerprint density at radius 3 is 2.62 bits per heavy atom. The molecule has 37 heavy (non-hydrogen) atoms. The predicted octanol–water partition coefficient (Wildman–Crippen LogP) is 4.89. The van der Waals surface area contributed by atoms with E-state index in [1.807, 2.05) is 31.2 Å². The molecule has 0 bridgehead atoms. The van der Waals surface area contributed by atoms with E-state index >= 15 is 0 Å². The van der Waals surface area contributed by atoms with E-state index in [1.54, 1.807) is 51.2 Å². The second kappa shape index (κ2) is 12.5. The molecule has 0 aliphatic heterocycles. The van der Waals surface area contributed by atoms with Crippen LogP contribution in [0, 0.1) is 16.7 Å². The molecule has 0 saturated heterocycles. The van der Waals surface area contributed by atoms with Crippen LogP contribution in [-0.2, 0) is 16.2 Å². The fourth-order valence-electron chi connectivity index (χ4n) is 3.55. The van der Waals surface area contributed by atoms with Crippen LogP contribution in [-0.4, -0.2) is 34.1 Å². The molecule has 0 fully saturated rings. The lowest BCUT2D eigenvalue weighted by Crippen LogP contribution is -2.50. The molecule has 0 saturated carbocycles. The van der Waals surface area contributed by atoms with Crippen LogP contribution in [0.4, 0.5) is 5.13 Å². The fourth-order valence-corrected chi connectivity index (χ4v) is 4.43. The number of carbonyl (C=O) groups excluding carboxylic acids is 2. The quantitative estimate of drug-likeness (QED) is 0.350. The number of thiazole rings is 1. The average Bonchev–Trinajstić information content (AvgIpc) is 3.34. The normalized spacial score (nSPS) is 12.8.